The number of amides is 3. The Morgan fingerprint density at radius 2 is 1.44 bits per heavy atom. The maximum absolute atomic E-state index is 13.1. The van der Waals surface area contributed by atoms with Crippen molar-refractivity contribution in [2.24, 2.45) is 0 Å². The first-order valence-corrected chi connectivity index (χ1v) is 11.9. The zero-order valence-electron chi connectivity index (χ0n) is 19.8. The van der Waals surface area contributed by atoms with E-state index in [1.807, 2.05) is 60.7 Å². The van der Waals surface area contributed by atoms with Crippen molar-refractivity contribution in [3.05, 3.63) is 96.1 Å². The van der Waals surface area contributed by atoms with Gasteiger partial charge in [0, 0.05) is 24.4 Å². The average molecular weight is 488 g/mol. The molecule has 0 bridgehead atoms. The lowest BCUT2D eigenvalue weighted by molar-refractivity contribution is -0.124. The predicted octanol–water partition coefficient (Wildman–Crippen LogP) is 4.28. The number of rotatable bonds is 9. The highest BCUT2D eigenvalue weighted by Crippen LogP contribution is 2.18. The molecule has 3 amide bonds. The quantitative estimate of drug-likeness (QED) is 0.418. The van der Waals surface area contributed by atoms with Crippen LogP contribution in [0.5, 0.6) is 0 Å². The van der Waals surface area contributed by atoms with E-state index in [2.05, 4.69) is 16.0 Å². The van der Waals surface area contributed by atoms with Gasteiger partial charge in [-0.25, -0.2) is 4.79 Å². The van der Waals surface area contributed by atoms with Crippen LogP contribution in [0.4, 0.5) is 16.2 Å². The molecule has 1 saturated heterocycles. The second-order valence-electron chi connectivity index (χ2n) is 8.51. The molecule has 1 heterocycles. The van der Waals surface area contributed by atoms with Crippen LogP contribution in [0, 0.1) is 0 Å². The van der Waals surface area contributed by atoms with E-state index >= 15 is 0 Å². The summed E-state index contributed by atoms with van der Waals surface area (Å²) in [6.45, 7) is 0.701. The highest BCUT2D eigenvalue weighted by atomic mass is 16.5. The van der Waals surface area contributed by atoms with Crippen LogP contribution in [-0.4, -0.2) is 36.7 Å². The molecule has 1 aliphatic heterocycles. The molecule has 8 heteroatoms. The fraction of sp³-hybridized carbons (Fsp3) is 0.250. The summed E-state index contributed by atoms with van der Waals surface area (Å²) in [7, 11) is 0. The molecule has 0 aromatic heterocycles. The topological polar surface area (TPSA) is 106 Å². The molecule has 0 aliphatic carbocycles. The highest BCUT2D eigenvalue weighted by molar-refractivity contribution is 5.97. The molecule has 0 radical (unpaired) electrons. The van der Waals surface area contributed by atoms with Crippen molar-refractivity contribution in [1.82, 2.24) is 5.32 Å². The van der Waals surface area contributed by atoms with E-state index in [0.29, 0.717) is 30.8 Å². The van der Waals surface area contributed by atoms with Gasteiger partial charge in [-0.1, -0.05) is 60.7 Å². The molecule has 1 fully saturated rings. The first-order valence-electron chi connectivity index (χ1n) is 11.9. The Bertz CT molecular complexity index is 1150. The average Bonchev–Trinajstić information content (AvgIpc) is 3.45. The van der Waals surface area contributed by atoms with E-state index in [4.69, 9.17) is 9.47 Å². The molecule has 0 unspecified atom stereocenters. The minimum absolute atomic E-state index is 0.103. The Morgan fingerprint density at radius 1 is 0.833 bits per heavy atom. The Labute approximate surface area is 210 Å². The third-order valence-corrected chi connectivity index (χ3v) is 5.75. The molecule has 8 nitrogen and oxygen atoms in total. The standard InChI is InChI=1S/C28H29N3O5/c32-26(29-22-13-15-23(16-14-22)30-27(33)25-12-7-17-35-25)24(18-20-8-3-1-4-9-20)31-28(34)36-19-21-10-5-2-6-11-21/h1-6,8-11,13-16,24-25H,7,12,17-19H2,(H,29,32)(H,30,33)(H,31,34)/t24-,25+/m1/s1. The fourth-order valence-electron chi connectivity index (χ4n) is 3.84. The molecular formula is C28H29N3O5. The Morgan fingerprint density at radius 3 is 2.06 bits per heavy atom. The van der Waals surface area contributed by atoms with Gasteiger partial charge in [-0.2, -0.15) is 0 Å². The molecule has 2 atom stereocenters. The Kier molecular flexibility index (Phi) is 8.67. The first kappa shape index (κ1) is 24.9. The number of hydrogen-bond donors (Lipinski definition) is 3. The van der Waals surface area contributed by atoms with Crippen molar-refractivity contribution < 1.29 is 23.9 Å². The minimum atomic E-state index is -0.852. The number of benzene rings is 3. The molecule has 36 heavy (non-hydrogen) atoms. The van der Waals surface area contributed by atoms with Crippen molar-refractivity contribution >= 4 is 29.3 Å². The lowest BCUT2D eigenvalue weighted by atomic mass is 10.1. The molecule has 0 saturated carbocycles. The van der Waals surface area contributed by atoms with Crippen LogP contribution in [-0.2, 0) is 32.1 Å². The molecular weight excluding hydrogens is 458 g/mol. The molecule has 4 rings (SSSR count). The van der Waals surface area contributed by atoms with Gasteiger partial charge in [0.25, 0.3) is 5.91 Å². The third kappa shape index (κ3) is 7.41. The van der Waals surface area contributed by atoms with Crippen LogP contribution < -0.4 is 16.0 Å². The van der Waals surface area contributed by atoms with E-state index in [1.165, 1.54) is 0 Å². The predicted molar refractivity (Wildman–Crippen MR) is 136 cm³/mol. The number of hydrogen-bond acceptors (Lipinski definition) is 5. The van der Waals surface area contributed by atoms with E-state index < -0.39 is 18.2 Å². The van der Waals surface area contributed by atoms with Crippen molar-refractivity contribution in [1.29, 1.82) is 0 Å². The molecule has 3 aromatic carbocycles. The van der Waals surface area contributed by atoms with Gasteiger partial charge >= 0.3 is 6.09 Å². The maximum atomic E-state index is 13.1. The lowest BCUT2D eigenvalue weighted by Gasteiger charge is -2.19. The van der Waals surface area contributed by atoms with Crippen LogP contribution in [0.15, 0.2) is 84.9 Å². The van der Waals surface area contributed by atoms with Gasteiger partial charge in [-0.15, -0.1) is 0 Å². The van der Waals surface area contributed by atoms with Gasteiger partial charge in [0.1, 0.15) is 18.8 Å². The number of nitrogens with one attached hydrogen (secondary N) is 3. The van der Waals surface area contributed by atoms with Gasteiger partial charge in [0.2, 0.25) is 5.91 Å². The largest absolute Gasteiger partial charge is 0.445 e. The summed E-state index contributed by atoms with van der Waals surface area (Å²) in [5.74, 6) is -0.558. The molecule has 3 aromatic rings. The maximum Gasteiger partial charge on any atom is 0.408 e. The second kappa shape index (κ2) is 12.5. The molecule has 186 valence electrons. The smallest absolute Gasteiger partial charge is 0.408 e. The van der Waals surface area contributed by atoms with Gasteiger partial charge in [0.15, 0.2) is 0 Å². The van der Waals surface area contributed by atoms with Crippen LogP contribution >= 0.6 is 0 Å². The van der Waals surface area contributed by atoms with Crippen LogP contribution in [0.3, 0.4) is 0 Å². The Hall–Kier alpha value is -4.17. The summed E-state index contributed by atoms with van der Waals surface area (Å²) in [6.07, 6.45) is 0.783. The van der Waals surface area contributed by atoms with Gasteiger partial charge < -0.3 is 25.4 Å². The summed E-state index contributed by atoms with van der Waals surface area (Å²) in [4.78, 5) is 37.8. The van der Waals surface area contributed by atoms with Gasteiger partial charge in [0.05, 0.1) is 0 Å². The lowest BCUT2D eigenvalue weighted by Crippen LogP contribution is -2.45. The number of carbonyl (C=O) groups excluding carboxylic acids is 3. The number of ether oxygens (including phenoxy) is 2. The number of anilines is 2. The number of alkyl carbamates (subject to hydrolysis) is 1. The second-order valence-corrected chi connectivity index (χ2v) is 8.51. The van der Waals surface area contributed by atoms with Crippen molar-refractivity contribution in [3.63, 3.8) is 0 Å². The highest BCUT2D eigenvalue weighted by Gasteiger charge is 2.24. The van der Waals surface area contributed by atoms with Crippen molar-refractivity contribution in [2.75, 3.05) is 17.2 Å². The molecule has 0 spiro atoms. The van der Waals surface area contributed by atoms with E-state index in [9.17, 15) is 14.4 Å². The third-order valence-electron chi connectivity index (χ3n) is 5.75. The van der Waals surface area contributed by atoms with Gasteiger partial charge in [-0.05, 0) is 48.2 Å². The van der Waals surface area contributed by atoms with Crippen LogP contribution in [0.1, 0.15) is 24.0 Å². The Balaban J connectivity index is 1.36. The zero-order chi connectivity index (χ0) is 25.2. The first-order chi connectivity index (χ1) is 17.6. The zero-order valence-corrected chi connectivity index (χ0v) is 19.8. The molecule has 3 N–H and O–H groups in total. The summed E-state index contributed by atoms with van der Waals surface area (Å²) in [5.41, 5.74) is 2.89. The fourth-order valence-corrected chi connectivity index (χ4v) is 3.84. The summed E-state index contributed by atoms with van der Waals surface area (Å²) in [5, 5.41) is 8.33. The summed E-state index contributed by atoms with van der Waals surface area (Å²) in [6, 6.07) is 24.7. The van der Waals surface area contributed by atoms with E-state index in [1.54, 1.807) is 24.3 Å². The van der Waals surface area contributed by atoms with Gasteiger partial charge in [-0.3, -0.25) is 9.59 Å². The monoisotopic (exact) mass is 487 g/mol. The van der Waals surface area contributed by atoms with E-state index in [0.717, 1.165) is 17.5 Å². The van der Waals surface area contributed by atoms with Crippen LogP contribution in [0.2, 0.25) is 0 Å². The van der Waals surface area contributed by atoms with Crippen LogP contribution in [0.25, 0.3) is 0 Å². The number of carbonyl (C=O) groups is 3. The summed E-state index contributed by atoms with van der Waals surface area (Å²) < 4.78 is 10.7. The minimum Gasteiger partial charge on any atom is -0.445 e. The van der Waals surface area contributed by atoms with Crippen molar-refractivity contribution in [2.45, 2.75) is 38.0 Å². The van der Waals surface area contributed by atoms with Crippen molar-refractivity contribution in [3.8, 4) is 0 Å². The SMILES string of the molecule is O=C(N[C@H](Cc1ccccc1)C(=O)Nc1ccc(NC(=O)[C@@H]2CCCO2)cc1)OCc1ccccc1. The normalized spacial score (nSPS) is 15.5. The summed E-state index contributed by atoms with van der Waals surface area (Å²) >= 11 is 0. The molecule has 1 aliphatic rings. The van der Waals surface area contributed by atoms with E-state index in [-0.39, 0.29) is 18.4 Å².